The van der Waals surface area contributed by atoms with E-state index in [4.69, 9.17) is 8.37 Å². The molecule has 0 amide bonds. The van der Waals surface area contributed by atoms with Gasteiger partial charge in [0.2, 0.25) is 5.08 Å². The number of hydrogen-bond acceptors (Lipinski definition) is 6. The highest BCUT2D eigenvalue weighted by Crippen LogP contribution is 2.38. The fourth-order valence-electron chi connectivity index (χ4n) is 3.81. The molecule has 0 bridgehead atoms. The van der Waals surface area contributed by atoms with E-state index in [1.165, 1.54) is 0 Å². The van der Waals surface area contributed by atoms with Gasteiger partial charge in [-0.3, -0.25) is 0 Å². The van der Waals surface area contributed by atoms with Gasteiger partial charge in [0.25, 0.3) is 0 Å². The summed E-state index contributed by atoms with van der Waals surface area (Å²) in [4.78, 5) is 0. The van der Waals surface area contributed by atoms with E-state index < -0.39 is 36.2 Å². The van der Waals surface area contributed by atoms with Crippen molar-refractivity contribution in [1.82, 2.24) is 0 Å². The zero-order valence-corrected chi connectivity index (χ0v) is 26.1. The predicted molar refractivity (Wildman–Crippen MR) is 152 cm³/mol. The summed E-state index contributed by atoms with van der Waals surface area (Å²) in [6.07, 6.45) is 0. The molecule has 0 heterocycles. The van der Waals surface area contributed by atoms with Gasteiger partial charge in [-0.25, -0.2) is 0 Å². The maximum absolute atomic E-state index is 13.0. The maximum atomic E-state index is 13.0. The van der Waals surface area contributed by atoms with Crippen LogP contribution in [0, 0.1) is 0 Å². The van der Waals surface area contributed by atoms with E-state index in [1.807, 2.05) is 53.7 Å². The first-order chi connectivity index (χ1) is 16.3. The monoisotopic (exact) mass is 552 g/mol. The van der Waals surface area contributed by atoms with Crippen molar-refractivity contribution in [2.75, 3.05) is 5.08 Å². The van der Waals surface area contributed by atoms with Gasteiger partial charge in [-0.15, -0.1) is 0 Å². The first kappa shape index (κ1) is 31.2. The van der Waals surface area contributed by atoms with Crippen molar-refractivity contribution in [2.45, 2.75) is 105 Å². The Morgan fingerprint density at radius 3 is 1.05 bits per heavy atom. The molecule has 0 radical (unpaired) electrons. The van der Waals surface area contributed by atoms with Crippen LogP contribution in [0.5, 0.6) is 11.5 Å². The Morgan fingerprint density at radius 1 is 0.514 bits per heavy atom. The van der Waals surface area contributed by atoms with E-state index in [2.05, 4.69) is 41.5 Å². The van der Waals surface area contributed by atoms with E-state index in [1.54, 1.807) is 24.3 Å². The van der Waals surface area contributed by atoms with Crippen LogP contribution >= 0.6 is 0 Å². The van der Waals surface area contributed by atoms with Crippen LogP contribution in [-0.4, -0.2) is 21.9 Å². The molecule has 0 aliphatic carbocycles. The minimum Gasteiger partial charge on any atom is -0.381 e. The van der Waals surface area contributed by atoms with Crippen LogP contribution in [0.15, 0.2) is 36.4 Å². The molecule has 0 saturated heterocycles. The number of hydrogen-bond donors (Lipinski definition) is 0. The first-order valence-corrected chi connectivity index (χ1v) is 15.6. The van der Waals surface area contributed by atoms with Crippen molar-refractivity contribution in [2.24, 2.45) is 0 Å². The zero-order chi connectivity index (χ0) is 28.8. The van der Waals surface area contributed by atoms with Gasteiger partial charge in [0.05, 0.1) is 0 Å². The number of rotatable bonds is 6. The van der Waals surface area contributed by atoms with Crippen LogP contribution in [0.4, 0.5) is 0 Å². The molecule has 0 unspecified atom stereocenters. The summed E-state index contributed by atoms with van der Waals surface area (Å²) in [6, 6.07) is 10.6. The molecular formula is C29H44O6S2. The largest absolute Gasteiger partial charge is 0.381 e. The minimum absolute atomic E-state index is 0.112. The van der Waals surface area contributed by atoms with Gasteiger partial charge < -0.3 is 8.37 Å². The third kappa shape index (κ3) is 8.47. The predicted octanol–water partition coefficient (Wildman–Crippen LogP) is 6.95. The van der Waals surface area contributed by atoms with Crippen LogP contribution in [-0.2, 0) is 41.9 Å². The van der Waals surface area contributed by atoms with Gasteiger partial charge in [0, 0.05) is 11.1 Å². The Bertz CT molecular complexity index is 1240. The topological polar surface area (TPSA) is 86.7 Å². The van der Waals surface area contributed by atoms with E-state index in [0.717, 1.165) is 11.1 Å². The Morgan fingerprint density at radius 2 is 0.811 bits per heavy atom. The Kier molecular flexibility index (Phi) is 8.35. The molecule has 37 heavy (non-hydrogen) atoms. The quantitative estimate of drug-likeness (QED) is 0.360. The highest BCUT2D eigenvalue weighted by Gasteiger charge is 2.32. The lowest BCUT2D eigenvalue weighted by Gasteiger charge is -2.27. The number of benzene rings is 2. The van der Waals surface area contributed by atoms with Crippen LogP contribution in [0.25, 0.3) is 0 Å². The molecular weight excluding hydrogens is 508 g/mol. The Labute approximate surface area is 225 Å². The molecule has 2 rings (SSSR count). The molecule has 0 spiro atoms. The molecule has 208 valence electrons. The van der Waals surface area contributed by atoms with Crippen molar-refractivity contribution in [1.29, 1.82) is 0 Å². The van der Waals surface area contributed by atoms with Gasteiger partial charge in [-0.1, -0.05) is 107 Å². The smallest absolute Gasteiger partial charge is 0.327 e. The zero-order valence-electron chi connectivity index (χ0n) is 24.4. The molecule has 0 aromatic heterocycles. The van der Waals surface area contributed by atoms with Gasteiger partial charge in [0.1, 0.15) is 11.5 Å². The first-order valence-electron chi connectivity index (χ1n) is 12.5. The van der Waals surface area contributed by atoms with Gasteiger partial charge >= 0.3 is 20.2 Å². The molecule has 0 N–H and O–H groups in total. The van der Waals surface area contributed by atoms with Gasteiger partial charge in [-0.05, 0) is 44.9 Å². The average Bonchev–Trinajstić information content (AvgIpc) is 2.63. The van der Waals surface area contributed by atoms with Crippen LogP contribution < -0.4 is 8.37 Å². The summed E-state index contributed by atoms with van der Waals surface area (Å²) < 4.78 is 62.6. The lowest BCUT2D eigenvalue weighted by atomic mass is 9.80. The van der Waals surface area contributed by atoms with Gasteiger partial charge in [-0.2, -0.15) is 16.8 Å². The normalized spacial score (nSPS) is 13.9. The molecule has 0 atom stereocenters. The highest BCUT2D eigenvalue weighted by molar-refractivity contribution is 8.04. The SMILES string of the molecule is CC(C)(C)c1ccc(OS(=O)(=O)CS(=O)(=O)Oc2ccc(C(C)(C)C)cc2C(C)(C)C)c(C(C)(C)C)c1. The summed E-state index contributed by atoms with van der Waals surface area (Å²) in [7, 11) is -9.07. The standard InChI is InChI=1S/C29H44O6S2/c1-26(2,3)20-13-15-24(22(17-20)28(7,8)9)34-36(30,31)19-37(32,33)35-25-16-14-21(27(4,5)6)18-23(25)29(10,11)12/h13-18H,19H2,1-12H3. The molecule has 2 aromatic carbocycles. The average molecular weight is 553 g/mol. The summed E-state index contributed by atoms with van der Waals surface area (Å²) >= 11 is 0. The second kappa shape index (κ2) is 9.92. The molecule has 0 fully saturated rings. The maximum Gasteiger partial charge on any atom is 0.327 e. The highest BCUT2D eigenvalue weighted by atomic mass is 32.3. The van der Waals surface area contributed by atoms with Crippen molar-refractivity contribution in [3.63, 3.8) is 0 Å². The molecule has 0 aliphatic rings. The van der Waals surface area contributed by atoms with Crippen molar-refractivity contribution in [3.8, 4) is 11.5 Å². The van der Waals surface area contributed by atoms with Crippen molar-refractivity contribution in [3.05, 3.63) is 58.7 Å². The van der Waals surface area contributed by atoms with E-state index in [-0.39, 0.29) is 22.3 Å². The van der Waals surface area contributed by atoms with Crippen LogP contribution in [0.1, 0.15) is 105 Å². The van der Waals surface area contributed by atoms with Gasteiger partial charge in [0.15, 0.2) is 0 Å². The Balaban J connectivity index is 2.41. The third-order valence-electron chi connectivity index (χ3n) is 6.03. The molecule has 6 nitrogen and oxygen atoms in total. The van der Waals surface area contributed by atoms with E-state index >= 15 is 0 Å². The fourth-order valence-corrected chi connectivity index (χ4v) is 6.45. The summed E-state index contributed by atoms with van der Waals surface area (Å²) in [5.74, 6) is 0.223. The molecule has 2 aromatic rings. The summed E-state index contributed by atoms with van der Waals surface area (Å²) in [5.41, 5.74) is 2.22. The second-order valence-electron chi connectivity index (χ2n) is 13.8. The van der Waals surface area contributed by atoms with Crippen LogP contribution in [0.2, 0.25) is 0 Å². The second-order valence-corrected chi connectivity index (χ2v) is 17.3. The third-order valence-corrected chi connectivity index (χ3v) is 9.21. The van der Waals surface area contributed by atoms with Crippen molar-refractivity contribution < 1.29 is 25.2 Å². The molecule has 8 heteroatoms. The molecule has 0 saturated carbocycles. The Hall–Kier alpha value is -2.06. The fraction of sp³-hybridized carbons (Fsp3) is 0.586. The lowest BCUT2D eigenvalue weighted by molar-refractivity contribution is 0.460. The summed E-state index contributed by atoms with van der Waals surface area (Å²) in [6.45, 7) is 24.1. The minimum atomic E-state index is -4.54. The van der Waals surface area contributed by atoms with Crippen molar-refractivity contribution >= 4 is 20.2 Å². The molecule has 0 aliphatic heterocycles. The summed E-state index contributed by atoms with van der Waals surface area (Å²) in [5, 5.41) is -1.31. The van der Waals surface area contributed by atoms with E-state index in [9.17, 15) is 16.8 Å². The van der Waals surface area contributed by atoms with Crippen LogP contribution in [0.3, 0.4) is 0 Å². The van der Waals surface area contributed by atoms with E-state index in [0.29, 0.717) is 11.1 Å². The lowest BCUT2D eigenvalue weighted by Crippen LogP contribution is -2.27.